The molecular formula is C25H31ClN4O4. The van der Waals surface area contributed by atoms with Crippen LogP contribution in [0.25, 0.3) is 11.1 Å². The van der Waals surface area contributed by atoms with Gasteiger partial charge in [0, 0.05) is 32.1 Å². The Bertz CT molecular complexity index is 1140. The summed E-state index contributed by atoms with van der Waals surface area (Å²) in [7, 11) is 0. The molecule has 1 unspecified atom stereocenters. The van der Waals surface area contributed by atoms with Crippen molar-refractivity contribution in [2.75, 3.05) is 26.2 Å². The number of fused-ring (bicyclic) bond motifs is 1. The van der Waals surface area contributed by atoms with Gasteiger partial charge in [0.15, 0.2) is 5.58 Å². The largest absolute Gasteiger partial charge is 0.420 e. The highest BCUT2D eigenvalue weighted by molar-refractivity contribution is 5.85. The lowest BCUT2D eigenvalue weighted by atomic mass is 10.0. The summed E-state index contributed by atoms with van der Waals surface area (Å²) in [5.74, 6) is -0.609. The second kappa shape index (κ2) is 12.4. The van der Waals surface area contributed by atoms with Crippen LogP contribution >= 0.6 is 12.4 Å². The van der Waals surface area contributed by atoms with Crippen LogP contribution in [0.15, 0.2) is 63.8 Å². The fourth-order valence-corrected chi connectivity index (χ4v) is 4.21. The molecule has 9 heteroatoms. The molecule has 0 spiro atoms. The minimum Gasteiger partial charge on any atom is -0.408 e. The second-order valence-electron chi connectivity index (χ2n) is 8.33. The number of hydrogen-bond donors (Lipinski definition) is 2. The molecule has 2 N–H and O–H groups in total. The maximum Gasteiger partial charge on any atom is 0.420 e. The highest BCUT2D eigenvalue weighted by Gasteiger charge is 2.19. The maximum atomic E-state index is 13.1. The molecule has 0 radical (unpaired) electrons. The maximum absolute atomic E-state index is 13.1. The number of hydrogen-bond acceptors (Lipinski definition) is 5. The summed E-state index contributed by atoms with van der Waals surface area (Å²) < 4.78 is 6.65. The van der Waals surface area contributed by atoms with Gasteiger partial charge < -0.3 is 20.0 Å². The summed E-state index contributed by atoms with van der Waals surface area (Å²) >= 11 is 0. The molecule has 34 heavy (non-hydrogen) atoms. The molecule has 1 saturated heterocycles. The molecule has 182 valence electrons. The molecule has 2 heterocycles. The first-order valence-electron chi connectivity index (χ1n) is 11.5. The molecule has 2 aromatic carbocycles. The number of aromatic nitrogens is 1. The summed E-state index contributed by atoms with van der Waals surface area (Å²) in [6, 6.07) is 17.0. The monoisotopic (exact) mass is 486 g/mol. The molecule has 2 amide bonds. The first-order valence-corrected chi connectivity index (χ1v) is 11.5. The molecule has 0 saturated carbocycles. The van der Waals surface area contributed by atoms with E-state index in [1.807, 2.05) is 41.3 Å². The Labute approximate surface area is 204 Å². The summed E-state index contributed by atoms with van der Waals surface area (Å²) in [6.07, 6.45) is 2.69. The topological polar surface area (TPSA) is 96.6 Å². The lowest BCUT2D eigenvalue weighted by Gasteiger charge is -2.23. The van der Waals surface area contributed by atoms with E-state index in [4.69, 9.17) is 4.42 Å². The zero-order valence-corrected chi connectivity index (χ0v) is 19.9. The fourth-order valence-electron chi connectivity index (χ4n) is 4.21. The number of nitrogens with zero attached hydrogens (tertiary/aromatic N) is 2. The predicted molar refractivity (Wildman–Crippen MR) is 133 cm³/mol. The van der Waals surface area contributed by atoms with E-state index >= 15 is 0 Å². The van der Waals surface area contributed by atoms with Crippen molar-refractivity contribution < 1.29 is 14.0 Å². The number of nitrogens with one attached hydrogen (secondary N) is 2. The van der Waals surface area contributed by atoms with Crippen molar-refractivity contribution in [1.29, 1.82) is 0 Å². The number of para-hydroxylation sites is 2. The summed E-state index contributed by atoms with van der Waals surface area (Å²) in [5, 5.41) is 6.46. The average molecular weight is 487 g/mol. The number of amides is 2. The molecule has 1 atom stereocenters. The number of halogens is 1. The molecule has 4 rings (SSSR count). The van der Waals surface area contributed by atoms with Gasteiger partial charge in [-0.3, -0.25) is 14.2 Å². The predicted octanol–water partition coefficient (Wildman–Crippen LogP) is 2.87. The Hall–Kier alpha value is -3.10. The third-order valence-electron chi connectivity index (χ3n) is 5.98. The van der Waals surface area contributed by atoms with Gasteiger partial charge in [0.25, 0.3) is 0 Å². The van der Waals surface area contributed by atoms with Gasteiger partial charge in [-0.25, -0.2) is 4.79 Å². The van der Waals surface area contributed by atoms with Crippen molar-refractivity contribution in [2.45, 2.75) is 38.3 Å². The van der Waals surface area contributed by atoms with E-state index in [0.29, 0.717) is 43.7 Å². The molecule has 0 aliphatic carbocycles. The van der Waals surface area contributed by atoms with Gasteiger partial charge in [0.1, 0.15) is 6.54 Å². The molecule has 0 bridgehead atoms. The van der Waals surface area contributed by atoms with Crippen LogP contribution in [0.2, 0.25) is 0 Å². The molecular weight excluding hydrogens is 456 g/mol. The van der Waals surface area contributed by atoms with Crippen molar-refractivity contribution in [2.24, 2.45) is 0 Å². The third kappa shape index (κ3) is 6.48. The minimum atomic E-state index is -0.523. The van der Waals surface area contributed by atoms with E-state index in [2.05, 4.69) is 10.6 Å². The van der Waals surface area contributed by atoms with E-state index < -0.39 is 5.76 Å². The van der Waals surface area contributed by atoms with Crippen LogP contribution in [0, 0.1) is 0 Å². The normalized spacial score (nSPS) is 18.2. The molecule has 8 nitrogen and oxygen atoms in total. The second-order valence-corrected chi connectivity index (χ2v) is 8.33. The fraction of sp³-hybridized carbons (Fsp3) is 0.400. The van der Waals surface area contributed by atoms with Crippen LogP contribution < -0.4 is 16.4 Å². The van der Waals surface area contributed by atoms with Gasteiger partial charge in [0.2, 0.25) is 11.8 Å². The number of carbonyl (C=O) groups excluding carboxylic acids is 2. The Morgan fingerprint density at radius 1 is 0.941 bits per heavy atom. The van der Waals surface area contributed by atoms with Crippen molar-refractivity contribution in [3.63, 3.8) is 0 Å². The number of rotatable bonds is 3. The molecule has 3 aromatic rings. The first-order chi connectivity index (χ1) is 16.1. The van der Waals surface area contributed by atoms with Gasteiger partial charge in [0.05, 0.1) is 5.52 Å². The van der Waals surface area contributed by atoms with E-state index in [1.54, 1.807) is 18.2 Å². The Kier molecular flexibility index (Phi) is 9.30. The minimum absolute atomic E-state index is 0. The van der Waals surface area contributed by atoms with Crippen LogP contribution in [-0.4, -0.2) is 47.5 Å². The number of carbonyl (C=O) groups is 2. The lowest BCUT2D eigenvalue weighted by Crippen LogP contribution is -2.38. The smallest absolute Gasteiger partial charge is 0.408 e. The summed E-state index contributed by atoms with van der Waals surface area (Å²) in [6.45, 7) is 2.37. The first kappa shape index (κ1) is 25.5. The Morgan fingerprint density at radius 3 is 2.50 bits per heavy atom. The van der Waals surface area contributed by atoms with Gasteiger partial charge in [-0.1, -0.05) is 42.5 Å². The zero-order chi connectivity index (χ0) is 23.0. The van der Waals surface area contributed by atoms with Crippen LogP contribution in [0.3, 0.4) is 0 Å². The SMILES string of the molecule is Cl.O=C1CC(c2ccccc2)NCCCN(C(=O)Cn2c(=O)oc3ccccc32)CCCCN1. The Morgan fingerprint density at radius 2 is 1.68 bits per heavy atom. The van der Waals surface area contributed by atoms with Crippen LogP contribution in [0.4, 0.5) is 0 Å². The van der Waals surface area contributed by atoms with E-state index in [-0.39, 0.29) is 36.8 Å². The van der Waals surface area contributed by atoms with Gasteiger partial charge in [-0.15, -0.1) is 12.4 Å². The Balaban J connectivity index is 0.00000324. The van der Waals surface area contributed by atoms with Crippen LogP contribution in [0.1, 0.15) is 37.3 Å². The van der Waals surface area contributed by atoms with Gasteiger partial charge in [-0.2, -0.15) is 0 Å². The highest BCUT2D eigenvalue weighted by atomic mass is 35.5. The average Bonchev–Trinajstić information content (AvgIpc) is 3.15. The molecule has 1 aliphatic heterocycles. The quantitative estimate of drug-likeness (QED) is 0.593. The standard InChI is InChI=1S/C25H30N4O4.ClH/c30-23-17-20(19-9-2-1-3-10-19)26-14-8-16-28(15-7-6-13-27-23)24(31)18-29-21-11-4-5-12-22(21)33-25(29)32;/h1-5,9-12,20,26H,6-8,13-18H2,(H,27,30);1H. The lowest BCUT2D eigenvalue weighted by molar-refractivity contribution is -0.132. The summed E-state index contributed by atoms with van der Waals surface area (Å²) in [4.78, 5) is 39.6. The number of oxazole rings is 1. The van der Waals surface area contributed by atoms with Crippen LogP contribution in [0.5, 0.6) is 0 Å². The molecule has 1 aromatic heterocycles. The zero-order valence-electron chi connectivity index (χ0n) is 19.1. The van der Waals surface area contributed by atoms with Gasteiger partial charge in [-0.05, 0) is 43.5 Å². The molecule has 1 aliphatic rings. The van der Waals surface area contributed by atoms with E-state index in [1.165, 1.54) is 4.57 Å². The summed E-state index contributed by atoms with van der Waals surface area (Å²) in [5.41, 5.74) is 2.17. The number of benzene rings is 2. The van der Waals surface area contributed by atoms with Crippen molar-refractivity contribution in [3.05, 3.63) is 70.7 Å². The van der Waals surface area contributed by atoms with Crippen molar-refractivity contribution in [1.82, 2.24) is 20.1 Å². The highest BCUT2D eigenvalue weighted by Crippen LogP contribution is 2.17. The van der Waals surface area contributed by atoms with E-state index in [0.717, 1.165) is 24.8 Å². The van der Waals surface area contributed by atoms with E-state index in [9.17, 15) is 14.4 Å². The van der Waals surface area contributed by atoms with Crippen molar-refractivity contribution in [3.8, 4) is 0 Å². The van der Waals surface area contributed by atoms with Crippen LogP contribution in [-0.2, 0) is 16.1 Å². The third-order valence-corrected chi connectivity index (χ3v) is 5.98. The molecule has 1 fully saturated rings. The van der Waals surface area contributed by atoms with Crippen molar-refractivity contribution >= 4 is 35.3 Å². The van der Waals surface area contributed by atoms with Gasteiger partial charge >= 0.3 is 5.76 Å².